The van der Waals surface area contributed by atoms with Gasteiger partial charge in [0.05, 0.1) is 36.0 Å². The van der Waals surface area contributed by atoms with Crippen LogP contribution >= 0.6 is 0 Å². The molecule has 1 saturated heterocycles. The van der Waals surface area contributed by atoms with Crippen molar-refractivity contribution in [2.75, 3.05) is 25.0 Å². The van der Waals surface area contributed by atoms with Crippen molar-refractivity contribution >= 4 is 17.5 Å². The molecule has 0 radical (unpaired) electrons. The number of aryl methyl sites for hydroxylation is 3. The maximum absolute atomic E-state index is 12.8. The lowest BCUT2D eigenvalue weighted by Gasteiger charge is -2.19. The standard InChI is InChI=1S/C23H30N4O3/c1-4-27-16(3)22(15(2)25-27)24-23(29)19-9-10-26(14-19)21(28)13-17-7-8-20-18(12-17)6-5-11-30-20/h7-8,12,19H,4-6,9-11,13-14H2,1-3H3,(H,24,29). The van der Waals surface area contributed by atoms with Crippen molar-refractivity contribution in [2.24, 2.45) is 5.92 Å². The Morgan fingerprint density at radius 1 is 1.30 bits per heavy atom. The average molecular weight is 411 g/mol. The first-order chi connectivity index (χ1) is 14.5. The molecule has 0 bridgehead atoms. The smallest absolute Gasteiger partial charge is 0.229 e. The van der Waals surface area contributed by atoms with Crippen LogP contribution < -0.4 is 10.1 Å². The Morgan fingerprint density at radius 3 is 2.90 bits per heavy atom. The first-order valence-corrected chi connectivity index (χ1v) is 10.8. The molecule has 7 heteroatoms. The molecule has 2 amide bonds. The van der Waals surface area contributed by atoms with E-state index in [2.05, 4.69) is 16.5 Å². The Bertz CT molecular complexity index is 966. The third kappa shape index (κ3) is 4.06. The Kier molecular flexibility index (Phi) is 5.79. The zero-order valence-electron chi connectivity index (χ0n) is 18.0. The zero-order valence-corrected chi connectivity index (χ0v) is 18.0. The second-order valence-corrected chi connectivity index (χ2v) is 8.25. The van der Waals surface area contributed by atoms with Crippen LogP contribution in [0.4, 0.5) is 5.69 Å². The molecule has 3 heterocycles. The van der Waals surface area contributed by atoms with Gasteiger partial charge < -0.3 is 15.0 Å². The summed E-state index contributed by atoms with van der Waals surface area (Å²) in [6.07, 6.45) is 3.07. The maximum atomic E-state index is 12.8. The fourth-order valence-electron chi connectivity index (χ4n) is 4.42. The maximum Gasteiger partial charge on any atom is 0.229 e. The fraction of sp³-hybridized carbons (Fsp3) is 0.522. The van der Waals surface area contributed by atoms with Crippen molar-refractivity contribution in [1.82, 2.24) is 14.7 Å². The number of rotatable bonds is 5. The van der Waals surface area contributed by atoms with Gasteiger partial charge in [-0.25, -0.2) is 0 Å². The zero-order chi connectivity index (χ0) is 21.3. The van der Waals surface area contributed by atoms with Crippen LogP contribution in [0.3, 0.4) is 0 Å². The Labute approximate surface area is 177 Å². The highest BCUT2D eigenvalue weighted by atomic mass is 16.5. The van der Waals surface area contributed by atoms with Crippen molar-refractivity contribution < 1.29 is 14.3 Å². The molecular weight excluding hydrogens is 380 g/mol. The number of amides is 2. The Balaban J connectivity index is 1.35. The minimum absolute atomic E-state index is 0.0296. The fourth-order valence-corrected chi connectivity index (χ4v) is 4.42. The number of nitrogens with one attached hydrogen (secondary N) is 1. The summed E-state index contributed by atoms with van der Waals surface area (Å²) in [4.78, 5) is 27.4. The average Bonchev–Trinajstić information content (AvgIpc) is 3.34. The minimum atomic E-state index is -0.186. The van der Waals surface area contributed by atoms with E-state index in [1.54, 1.807) is 0 Å². The number of fused-ring (bicyclic) bond motifs is 1. The SMILES string of the molecule is CCn1nc(C)c(NC(=O)C2CCN(C(=O)Cc3ccc4c(c3)CCCO4)C2)c1C. The van der Waals surface area contributed by atoms with E-state index in [1.165, 1.54) is 5.56 Å². The lowest BCUT2D eigenvalue weighted by molar-refractivity contribution is -0.129. The van der Waals surface area contributed by atoms with Crippen molar-refractivity contribution in [3.63, 3.8) is 0 Å². The highest BCUT2D eigenvalue weighted by Gasteiger charge is 2.32. The van der Waals surface area contributed by atoms with Crippen LogP contribution in [0.5, 0.6) is 5.75 Å². The molecule has 1 aromatic carbocycles. The van der Waals surface area contributed by atoms with Gasteiger partial charge in [-0.2, -0.15) is 5.10 Å². The summed E-state index contributed by atoms with van der Waals surface area (Å²) in [5, 5.41) is 7.50. The van der Waals surface area contributed by atoms with Gasteiger partial charge >= 0.3 is 0 Å². The number of aromatic nitrogens is 2. The first kappa shape index (κ1) is 20.4. The molecule has 2 aliphatic rings. The van der Waals surface area contributed by atoms with Gasteiger partial charge in [-0.15, -0.1) is 0 Å². The Hall–Kier alpha value is -2.83. The van der Waals surface area contributed by atoms with Crippen molar-refractivity contribution in [1.29, 1.82) is 0 Å². The van der Waals surface area contributed by atoms with E-state index in [-0.39, 0.29) is 17.7 Å². The van der Waals surface area contributed by atoms with Gasteiger partial charge in [0.15, 0.2) is 0 Å². The molecular formula is C23H30N4O3. The summed E-state index contributed by atoms with van der Waals surface area (Å²) in [6.45, 7) is 8.52. The normalized spacial score (nSPS) is 18.1. The molecule has 0 spiro atoms. The van der Waals surface area contributed by atoms with Gasteiger partial charge in [0, 0.05) is 19.6 Å². The summed E-state index contributed by atoms with van der Waals surface area (Å²) in [6, 6.07) is 6.03. The predicted octanol–water partition coefficient (Wildman–Crippen LogP) is 2.87. The Morgan fingerprint density at radius 2 is 2.13 bits per heavy atom. The molecule has 1 fully saturated rings. The number of anilines is 1. The van der Waals surface area contributed by atoms with E-state index in [1.807, 2.05) is 42.5 Å². The van der Waals surface area contributed by atoms with E-state index in [0.717, 1.165) is 54.4 Å². The highest BCUT2D eigenvalue weighted by molar-refractivity contribution is 5.94. The molecule has 0 aliphatic carbocycles. The molecule has 2 aliphatic heterocycles. The molecule has 2 aromatic rings. The number of hydrogen-bond donors (Lipinski definition) is 1. The highest BCUT2D eigenvalue weighted by Crippen LogP contribution is 2.27. The summed E-state index contributed by atoms with van der Waals surface area (Å²) in [5.74, 6) is 0.799. The van der Waals surface area contributed by atoms with Gasteiger partial charge in [0.25, 0.3) is 0 Å². The third-order valence-corrected chi connectivity index (χ3v) is 6.17. The molecule has 160 valence electrons. The summed E-state index contributed by atoms with van der Waals surface area (Å²) >= 11 is 0. The monoisotopic (exact) mass is 410 g/mol. The summed E-state index contributed by atoms with van der Waals surface area (Å²) < 4.78 is 7.54. The number of nitrogens with zero attached hydrogens (tertiary/aromatic N) is 3. The van der Waals surface area contributed by atoms with Crippen LogP contribution in [-0.4, -0.2) is 46.2 Å². The second-order valence-electron chi connectivity index (χ2n) is 8.25. The number of hydrogen-bond acceptors (Lipinski definition) is 4. The van der Waals surface area contributed by atoms with Crippen molar-refractivity contribution in [2.45, 2.75) is 53.0 Å². The van der Waals surface area contributed by atoms with E-state index in [0.29, 0.717) is 25.9 Å². The third-order valence-electron chi connectivity index (χ3n) is 6.17. The minimum Gasteiger partial charge on any atom is -0.493 e. The van der Waals surface area contributed by atoms with Crippen LogP contribution in [0.15, 0.2) is 18.2 Å². The van der Waals surface area contributed by atoms with E-state index in [4.69, 9.17) is 4.74 Å². The lowest BCUT2D eigenvalue weighted by Crippen LogP contribution is -2.32. The molecule has 7 nitrogen and oxygen atoms in total. The summed E-state index contributed by atoms with van der Waals surface area (Å²) in [7, 11) is 0. The summed E-state index contributed by atoms with van der Waals surface area (Å²) in [5.41, 5.74) is 4.78. The second kappa shape index (κ2) is 8.50. The molecule has 1 aromatic heterocycles. The van der Waals surface area contributed by atoms with Gasteiger partial charge in [0.2, 0.25) is 11.8 Å². The molecule has 0 saturated carbocycles. The number of likely N-dealkylation sites (tertiary alicyclic amines) is 1. The van der Waals surface area contributed by atoms with Crippen LogP contribution in [0, 0.1) is 19.8 Å². The molecule has 1 unspecified atom stereocenters. The number of benzene rings is 1. The van der Waals surface area contributed by atoms with Crippen LogP contribution in [0.2, 0.25) is 0 Å². The van der Waals surface area contributed by atoms with Crippen molar-refractivity contribution in [3.05, 3.63) is 40.7 Å². The number of carbonyl (C=O) groups is 2. The van der Waals surface area contributed by atoms with Gasteiger partial charge in [-0.05, 0) is 57.2 Å². The van der Waals surface area contributed by atoms with Crippen LogP contribution in [0.25, 0.3) is 0 Å². The lowest BCUT2D eigenvalue weighted by atomic mass is 10.0. The quantitative estimate of drug-likeness (QED) is 0.822. The van der Waals surface area contributed by atoms with Crippen LogP contribution in [0.1, 0.15) is 42.3 Å². The van der Waals surface area contributed by atoms with Crippen molar-refractivity contribution in [3.8, 4) is 5.75 Å². The molecule has 4 rings (SSSR count). The largest absolute Gasteiger partial charge is 0.493 e. The molecule has 1 N–H and O–H groups in total. The van der Waals surface area contributed by atoms with Gasteiger partial charge in [0.1, 0.15) is 5.75 Å². The number of ether oxygens (including phenoxy) is 1. The van der Waals surface area contributed by atoms with Gasteiger partial charge in [-0.1, -0.05) is 12.1 Å². The van der Waals surface area contributed by atoms with E-state index >= 15 is 0 Å². The van der Waals surface area contributed by atoms with E-state index < -0.39 is 0 Å². The van der Waals surface area contributed by atoms with Gasteiger partial charge in [-0.3, -0.25) is 14.3 Å². The number of carbonyl (C=O) groups excluding carboxylic acids is 2. The van der Waals surface area contributed by atoms with Crippen LogP contribution in [-0.2, 0) is 29.0 Å². The first-order valence-electron chi connectivity index (χ1n) is 10.8. The molecule has 1 atom stereocenters. The molecule has 30 heavy (non-hydrogen) atoms. The van der Waals surface area contributed by atoms with E-state index in [9.17, 15) is 9.59 Å². The predicted molar refractivity (Wildman–Crippen MR) is 115 cm³/mol. The topological polar surface area (TPSA) is 76.5 Å².